The van der Waals surface area contributed by atoms with Crippen LogP contribution in [-0.4, -0.2) is 75.2 Å². The zero-order chi connectivity index (χ0) is 16.1. The van der Waals surface area contributed by atoms with Crippen molar-refractivity contribution in [1.82, 2.24) is 15.1 Å². The van der Waals surface area contributed by atoms with Gasteiger partial charge in [-0.25, -0.2) is 0 Å². The number of carbonyl (C=O) groups excluding carboxylic acids is 1. The standard InChI is InChI=1S/C18H33N3O2/c1-23-15-18(6-8-19-9-7-18)17(22)21-12-5-16(14-21)13-20-10-3-2-4-11-20/h16,19H,2-15H2,1H3. The molecule has 1 N–H and O–H groups in total. The predicted molar refractivity (Wildman–Crippen MR) is 91.4 cm³/mol. The normalized spacial score (nSPS) is 28.9. The number of methoxy groups -OCH3 is 1. The van der Waals surface area contributed by atoms with Crippen molar-refractivity contribution < 1.29 is 9.53 Å². The molecular weight excluding hydrogens is 290 g/mol. The summed E-state index contributed by atoms with van der Waals surface area (Å²) in [5.41, 5.74) is -0.278. The van der Waals surface area contributed by atoms with Crippen LogP contribution in [0.15, 0.2) is 0 Å². The Labute approximate surface area is 140 Å². The van der Waals surface area contributed by atoms with E-state index < -0.39 is 0 Å². The van der Waals surface area contributed by atoms with Gasteiger partial charge in [0.2, 0.25) is 5.91 Å². The average molecular weight is 323 g/mol. The molecule has 0 bridgehead atoms. The Hall–Kier alpha value is -0.650. The highest BCUT2D eigenvalue weighted by Gasteiger charge is 2.43. The highest BCUT2D eigenvalue weighted by molar-refractivity contribution is 5.83. The summed E-state index contributed by atoms with van der Waals surface area (Å²) in [6.07, 6.45) is 7.07. The summed E-state index contributed by atoms with van der Waals surface area (Å²) in [6, 6.07) is 0. The molecule has 5 heteroatoms. The molecule has 0 radical (unpaired) electrons. The predicted octanol–water partition coefficient (Wildman–Crippen LogP) is 1.34. The molecule has 3 heterocycles. The summed E-state index contributed by atoms with van der Waals surface area (Å²) < 4.78 is 5.43. The molecule has 3 fully saturated rings. The van der Waals surface area contributed by atoms with E-state index in [0.29, 0.717) is 18.4 Å². The van der Waals surface area contributed by atoms with Crippen molar-refractivity contribution in [2.24, 2.45) is 11.3 Å². The lowest BCUT2D eigenvalue weighted by atomic mass is 9.78. The quantitative estimate of drug-likeness (QED) is 0.829. The van der Waals surface area contributed by atoms with Crippen LogP contribution in [0.5, 0.6) is 0 Å². The third-order valence-corrected chi connectivity index (χ3v) is 5.97. The number of carbonyl (C=O) groups is 1. The van der Waals surface area contributed by atoms with Gasteiger partial charge in [0.25, 0.3) is 0 Å². The first-order chi connectivity index (χ1) is 11.2. The molecule has 3 rings (SSSR count). The van der Waals surface area contributed by atoms with Gasteiger partial charge in [-0.3, -0.25) is 4.79 Å². The largest absolute Gasteiger partial charge is 0.384 e. The van der Waals surface area contributed by atoms with Crippen molar-refractivity contribution in [2.75, 3.05) is 59.5 Å². The van der Waals surface area contributed by atoms with Crippen molar-refractivity contribution in [3.63, 3.8) is 0 Å². The second kappa shape index (κ2) is 7.95. The topological polar surface area (TPSA) is 44.8 Å². The minimum absolute atomic E-state index is 0.278. The number of nitrogens with zero attached hydrogens (tertiary/aromatic N) is 2. The van der Waals surface area contributed by atoms with E-state index >= 15 is 0 Å². The Morgan fingerprint density at radius 2 is 1.91 bits per heavy atom. The highest BCUT2D eigenvalue weighted by Crippen LogP contribution is 2.33. The number of nitrogens with one attached hydrogen (secondary N) is 1. The van der Waals surface area contributed by atoms with E-state index in [0.717, 1.165) is 39.0 Å². The molecule has 23 heavy (non-hydrogen) atoms. The van der Waals surface area contributed by atoms with Crippen molar-refractivity contribution in [3.8, 4) is 0 Å². The second-order valence-corrected chi connectivity index (χ2v) is 7.73. The van der Waals surface area contributed by atoms with Crippen LogP contribution in [-0.2, 0) is 9.53 Å². The van der Waals surface area contributed by atoms with Crippen LogP contribution in [0, 0.1) is 11.3 Å². The Morgan fingerprint density at radius 1 is 1.17 bits per heavy atom. The molecule has 0 saturated carbocycles. The van der Waals surface area contributed by atoms with Gasteiger partial charge >= 0.3 is 0 Å². The van der Waals surface area contributed by atoms with Crippen LogP contribution in [0.2, 0.25) is 0 Å². The van der Waals surface area contributed by atoms with Crippen LogP contribution in [0.1, 0.15) is 38.5 Å². The first-order valence-electron chi connectivity index (χ1n) is 9.45. The van der Waals surface area contributed by atoms with Gasteiger partial charge in [-0.05, 0) is 64.2 Å². The van der Waals surface area contributed by atoms with E-state index in [2.05, 4.69) is 15.1 Å². The number of rotatable bonds is 5. The maximum absolute atomic E-state index is 13.2. The second-order valence-electron chi connectivity index (χ2n) is 7.73. The lowest BCUT2D eigenvalue weighted by Crippen LogP contribution is -2.51. The average Bonchev–Trinajstić information content (AvgIpc) is 3.04. The molecular formula is C18H33N3O2. The summed E-state index contributed by atoms with van der Waals surface area (Å²) in [5.74, 6) is 1.01. The maximum Gasteiger partial charge on any atom is 0.231 e. The molecule has 0 aromatic carbocycles. The number of hydrogen-bond donors (Lipinski definition) is 1. The van der Waals surface area contributed by atoms with E-state index in [1.165, 1.54) is 45.3 Å². The minimum atomic E-state index is -0.278. The lowest BCUT2D eigenvalue weighted by molar-refractivity contribution is -0.146. The Balaban J connectivity index is 1.55. The Morgan fingerprint density at radius 3 is 2.61 bits per heavy atom. The molecule has 3 saturated heterocycles. The summed E-state index contributed by atoms with van der Waals surface area (Å²) >= 11 is 0. The lowest BCUT2D eigenvalue weighted by Gasteiger charge is -2.38. The fourth-order valence-electron chi connectivity index (χ4n) is 4.61. The van der Waals surface area contributed by atoms with Gasteiger partial charge in [-0.2, -0.15) is 0 Å². The smallest absolute Gasteiger partial charge is 0.231 e. The molecule has 0 aliphatic carbocycles. The molecule has 0 spiro atoms. The van der Waals surface area contributed by atoms with Crippen molar-refractivity contribution >= 4 is 5.91 Å². The van der Waals surface area contributed by atoms with E-state index in [1.54, 1.807) is 7.11 Å². The molecule has 0 aromatic heterocycles. The SMILES string of the molecule is COCC1(C(=O)N2CCC(CN3CCCCC3)C2)CCNCC1. The molecule has 5 nitrogen and oxygen atoms in total. The molecule has 3 aliphatic rings. The summed E-state index contributed by atoms with van der Waals surface area (Å²) in [6.45, 7) is 8.02. The van der Waals surface area contributed by atoms with E-state index in [4.69, 9.17) is 4.74 Å². The molecule has 1 atom stereocenters. The first-order valence-corrected chi connectivity index (χ1v) is 9.45. The third kappa shape index (κ3) is 4.06. The van der Waals surface area contributed by atoms with Gasteiger partial charge in [-0.15, -0.1) is 0 Å². The van der Waals surface area contributed by atoms with Crippen LogP contribution >= 0.6 is 0 Å². The minimum Gasteiger partial charge on any atom is -0.384 e. The van der Waals surface area contributed by atoms with E-state index in [-0.39, 0.29) is 5.41 Å². The van der Waals surface area contributed by atoms with Crippen LogP contribution in [0.3, 0.4) is 0 Å². The summed E-state index contributed by atoms with van der Waals surface area (Å²) in [5, 5.41) is 3.37. The fourth-order valence-corrected chi connectivity index (χ4v) is 4.61. The summed E-state index contributed by atoms with van der Waals surface area (Å²) in [7, 11) is 1.72. The molecule has 3 aliphatic heterocycles. The number of likely N-dealkylation sites (tertiary alicyclic amines) is 2. The van der Waals surface area contributed by atoms with Gasteiger partial charge < -0.3 is 19.9 Å². The van der Waals surface area contributed by atoms with Crippen molar-refractivity contribution in [3.05, 3.63) is 0 Å². The molecule has 1 amide bonds. The summed E-state index contributed by atoms with van der Waals surface area (Å²) in [4.78, 5) is 17.9. The Bertz CT molecular complexity index is 384. The third-order valence-electron chi connectivity index (χ3n) is 5.97. The van der Waals surface area contributed by atoms with Gasteiger partial charge in [0.15, 0.2) is 0 Å². The van der Waals surface area contributed by atoms with Gasteiger partial charge in [-0.1, -0.05) is 6.42 Å². The van der Waals surface area contributed by atoms with Crippen molar-refractivity contribution in [1.29, 1.82) is 0 Å². The van der Waals surface area contributed by atoms with Crippen molar-refractivity contribution in [2.45, 2.75) is 38.5 Å². The van der Waals surface area contributed by atoms with Gasteiger partial charge in [0.1, 0.15) is 0 Å². The highest BCUT2D eigenvalue weighted by atomic mass is 16.5. The monoisotopic (exact) mass is 323 g/mol. The van der Waals surface area contributed by atoms with Gasteiger partial charge in [0.05, 0.1) is 12.0 Å². The fraction of sp³-hybridized carbons (Fsp3) is 0.944. The molecule has 1 unspecified atom stereocenters. The van der Waals surface area contributed by atoms with Gasteiger partial charge in [0, 0.05) is 26.7 Å². The maximum atomic E-state index is 13.2. The zero-order valence-electron chi connectivity index (χ0n) is 14.7. The number of hydrogen-bond acceptors (Lipinski definition) is 4. The molecule has 0 aromatic rings. The number of amides is 1. The first kappa shape index (κ1) is 17.2. The zero-order valence-corrected chi connectivity index (χ0v) is 14.7. The Kier molecular flexibility index (Phi) is 5.94. The van der Waals surface area contributed by atoms with Crippen LogP contribution < -0.4 is 5.32 Å². The number of ether oxygens (including phenoxy) is 1. The number of piperidine rings is 2. The van der Waals surface area contributed by atoms with Crippen LogP contribution in [0.25, 0.3) is 0 Å². The van der Waals surface area contributed by atoms with E-state index in [1.807, 2.05) is 0 Å². The molecule has 132 valence electrons. The van der Waals surface area contributed by atoms with Crippen LogP contribution in [0.4, 0.5) is 0 Å². The van der Waals surface area contributed by atoms with E-state index in [9.17, 15) is 4.79 Å².